The van der Waals surface area contributed by atoms with Gasteiger partial charge in [0, 0.05) is 43.0 Å². The Hall–Kier alpha value is -3.21. The Bertz CT molecular complexity index is 848. The number of aryl methyl sites for hydroxylation is 2. The topological polar surface area (TPSA) is 108 Å². The van der Waals surface area contributed by atoms with Crippen molar-refractivity contribution in [2.75, 3.05) is 23.3 Å². The van der Waals surface area contributed by atoms with Gasteiger partial charge in [-0.15, -0.1) is 0 Å². The first-order valence-electron chi connectivity index (χ1n) is 8.48. The van der Waals surface area contributed by atoms with Crippen molar-refractivity contribution in [3.05, 3.63) is 51.5 Å². The van der Waals surface area contributed by atoms with Gasteiger partial charge in [-0.25, -0.2) is 9.97 Å². The lowest BCUT2D eigenvalue weighted by Crippen LogP contribution is -2.39. The van der Waals surface area contributed by atoms with Gasteiger partial charge in [0.1, 0.15) is 17.7 Å². The van der Waals surface area contributed by atoms with Crippen molar-refractivity contribution < 1.29 is 4.92 Å². The molecule has 1 saturated heterocycles. The maximum absolute atomic E-state index is 10.8. The molecule has 0 spiro atoms. The van der Waals surface area contributed by atoms with Crippen molar-refractivity contribution in [1.29, 1.82) is 5.26 Å². The van der Waals surface area contributed by atoms with Crippen LogP contribution >= 0.6 is 0 Å². The van der Waals surface area contributed by atoms with E-state index in [1.807, 2.05) is 26.0 Å². The molecular weight excluding hydrogens is 332 g/mol. The van der Waals surface area contributed by atoms with Crippen molar-refractivity contribution in [3.8, 4) is 6.07 Å². The molecule has 0 atom stereocenters. The van der Waals surface area contributed by atoms with E-state index in [0.29, 0.717) is 11.3 Å². The molecule has 3 rings (SSSR count). The van der Waals surface area contributed by atoms with Gasteiger partial charge in [0.25, 0.3) is 5.69 Å². The van der Waals surface area contributed by atoms with E-state index < -0.39 is 4.92 Å². The summed E-state index contributed by atoms with van der Waals surface area (Å²) >= 11 is 0. The first kappa shape index (κ1) is 17.6. The normalized spacial score (nSPS) is 14.7. The second-order valence-corrected chi connectivity index (χ2v) is 6.42. The Morgan fingerprint density at radius 3 is 2.62 bits per heavy atom. The van der Waals surface area contributed by atoms with Gasteiger partial charge in [0.15, 0.2) is 0 Å². The number of hydrogen-bond donors (Lipinski definition) is 1. The van der Waals surface area contributed by atoms with Crippen LogP contribution < -0.4 is 10.2 Å². The fourth-order valence-electron chi connectivity index (χ4n) is 3.20. The lowest BCUT2D eigenvalue weighted by molar-refractivity contribution is -0.384. The monoisotopic (exact) mass is 352 g/mol. The van der Waals surface area contributed by atoms with E-state index in [2.05, 4.69) is 20.2 Å². The molecule has 0 saturated carbocycles. The van der Waals surface area contributed by atoms with Crippen molar-refractivity contribution in [1.82, 2.24) is 9.97 Å². The number of nitro groups is 1. The summed E-state index contributed by atoms with van der Waals surface area (Å²) in [6.45, 7) is 5.55. The predicted molar refractivity (Wildman–Crippen MR) is 98.2 cm³/mol. The number of rotatable bonds is 4. The maximum atomic E-state index is 10.8. The third-order valence-corrected chi connectivity index (χ3v) is 4.47. The first-order valence-corrected chi connectivity index (χ1v) is 8.48. The molecule has 8 nitrogen and oxygen atoms in total. The van der Waals surface area contributed by atoms with E-state index >= 15 is 0 Å². The summed E-state index contributed by atoms with van der Waals surface area (Å²) in [5, 5.41) is 23.5. The van der Waals surface area contributed by atoms with E-state index in [-0.39, 0.29) is 11.7 Å². The van der Waals surface area contributed by atoms with Crippen molar-refractivity contribution in [2.24, 2.45) is 0 Å². The zero-order valence-corrected chi connectivity index (χ0v) is 14.8. The minimum Gasteiger partial charge on any atom is -0.381 e. The summed E-state index contributed by atoms with van der Waals surface area (Å²) < 4.78 is 0. The van der Waals surface area contributed by atoms with Gasteiger partial charge in [-0.3, -0.25) is 10.1 Å². The lowest BCUT2D eigenvalue weighted by atomic mass is 10.0. The lowest BCUT2D eigenvalue weighted by Gasteiger charge is -2.34. The van der Waals surface area contributed by atoms with Crippen LogP contribution in [0.25, 0.3) is 0 Å². The second-order valence-electron chi connectivity index (χ2n) is 6.42. The molecule has 0 radical (unpaired) electrons. The SMILES string of the molecule is Cc1cc(N2CCC(Nc3ccc([N+](=O)[O-])cc3C#N)CC2)nc(C)n1. The summed E-state index contributed by atoms with van der Waals surface area (Å²) in [7, 11) is 0. The molecule has 1 aromatic heterocycles. The fraction of sp³-hybridized carbons (Fsp3) is 0.389. The van der Waals surface area contributed by atoms with Gasteiger partial charge in [-0.2, -0.15) is 5.26 Å². The predicted octanol–water partition coefficient (Wildman–Crippen LogP) is 2.95. The molecule has 0 bridgehead atoms. The van der Waals surface area contributed by atoms with Gasteiger partial charge in [-0.1, -0.05) is 0 Å². The number of nitrogens with zero attached hydrogens (tertiary/aromatic N) is 5. The van der Waals surface area contributed by atoms with Crippen molar-refractivity contribution in [2.45, 2.75) is 32.7 Å². The van der Waals surface area contributed by atoms with Crippen LogP contribution in [0.15, 0.2) is 24.3 Å². The summed E-state index contributed by atoms with van der Waals surface area (Å²) in [6.07, 6.45) is 1.79. The quantitative estimate of drug-likeness (QED) is 0.665. The molecule has 0 unspecified atom stereocenters. The van der Waals surface area contributed by atoms with Crippen LogP contribution in [-0.4, -0.2) is 34.0 Å². The number of benzene rings is 1. The number of nitro benzene ring substituents is 1. The molecule has 1 N–H and O–H groups in total. The Balaban J connectivity index is 1.66. The van der Waals surface area contributed by atoms with Crippen LogP contribution in [0.1, 0.15) is 29.9 Å². The van der Waals surface area contributed by atoms with Crippen LogP contribution in [-0.2, 0) is 0 Å². The van der Waals surface area contributed by atoms with Crippen LogP contribution in [0, 0.1) is 35.3 Å². The van der Waals surface area contributed by atoms with Gasteiger partial charge in [0.2, 0.25) is 0 Å². The highest BCUT2D eigenvalue weighted by molar-refractivity contribution is 5.61. The molecule has 1 aromatic carbocycles. The highest BCUT2D eigenvalue weighted by Gasteiger charge is 2.22. The zero-order valence-electron chi connectivity index (χ0n) is 14.8. The molecule has 2 aromatic rings. The fourth-order valence-corrected chi connectivity index (χ4v) is 3.20. The average molecular weight is 352 g/mol. The minimum atomic E-state index is -0.491. The highest BCUT2D eigenvalue weighted by atomic mass is 16.6. The third kappa shape index (κ3) is 3.88. The summed E-state index contributed by atoms with van der Waals surface area (Å²) in [5.74, 6) is 1.71. The standard InChI is InChI=1S/C18H20N6O2/c1-12-9-18(21-13(2)20-12)23-7-5-15(6-8-23)22-17-4-3-16(24(25)26)10-14(17)11-19/h3-4,9-10,15,22H,5-8H2,1-2H3. The average Bonchev–Trinajstić information content (AvgIpc) is 2.61. The molecule has 134 valence electrons. The van der Waals surface area contributed by atoms with E-state index in [0.717, 1.165) is 43.3 Å². The van der Waals surface area contributed by atoms with E-state index in [1.165, 1.54) is 12.1 Å². The van der Waals surface area contributed by atoms with Crippen LogP contribution in [0.4, 0.5) is 17.2 Å². The smallest absolute Gasteiger partial charge is 0.270 e. The van der Waals surface area contributed by atoms with Gasteiger partial charge in [0.05, 0.1) is 16.2 Å². The Kier molecular flexibility index (Phi) is 4.98. The zero-order chi connectivity index (χ0) is 18.7. The van der Waals surface area contributed by atoms with Crippen LogP contribution in [0.5, 0.6) is 0 Å². The summed E-state index contributed by atoms with van der Waals surface area (Å²) in [4.78, 5) is 21.4. The van der Waals surface area contributed by atoms with Gasteiger partial charge in [-0.05, 0) is 32.8 Å². The largest absolute Gasteiger partial charge is 0.381 e. The van der Waals surface area contributed by atoms with Gasteiger partial charge >= 0.3 is 0 Å². The van der Waals surface area contributed by atoms with E-state index in [4.69, 9.17) is 0 Å². The Morgan fingerprint density at radius 2 is 2.00 bits per heavy atom. The molecule has 1 aliphatic heterocycles. The van der Waals surface area contributed by atoms with E-state index in [9.17, 15) is 15.4 Å². The van der Waals surface area contributed by atoms with E-state index in [1.54, 1.807) is 6.07 Å². The molecule has 1 fully saturated rings. The second kappa shape index (κ2) is 7.35. The number of hydrogen-bond acceptors (Lipinski definition) is 7. The summed E-state index contributed by atoms with van der Waals surface area (Å²) in [5.41, 5.74) is 1.82. The number of aromatic nitrogens is 2. The van der Waals surface area contributed by atoms with Crippen molar-refractivity contribution >= 4 is 17.2 Å². The number of nitrogens with one attached hydrogen (secondary N) is 1. The first-order chi connectivity index (χ1) is 12.5. The molecule has 0 amide bonds. The number of non-ortho nitro benzene ring substituents is 1. The molecular formula is C18H20N6O2. The van der Waals surface area contributed by atoms with Crippen LogP contribution in [0.3, 0.4) is 0 Å². The summed E-state index contributed by atoms with van der Waals surface area (Å²) in [6, 6.07) is 8.58. The molecule has 1 aliphatic rings. The minimum absolute atomic E-state index is 0.0728. The molecule has 2 heterocycles. The van der Waals surface area contributed by atoms with Crippen LogP contribution in [0.2, 0.25) is 0 Å². The van der Waals surface area contributed by atoms with Gasteiger partial charge < -0.3 is 10.2 Å². The molecule has 8 heteroatoms. The maximum Gasteiger partial charge on any atom is 0.270 e. The number of piperidine rings is 1. The third-order valence-electron chi connectivity index (χ3n) is 4.47. The Morgan fingerprint density at radius 1 is 1.27 bits per heavy atom. The number of nitriles is 1. The Labute approximate surface area is 151 Å². The number of anilines is 2. The molecule has 26 heavy (non-hydrogen) atoms. The highest BCUT2D eigenvalue weighted by Crippen LogP contribution is 2.25. The van der Waals surface area contributed by atoms with Crippen molar-refractivity contribution in [3.63, 3.8) is 0 Å². The molecule has 0 aliphatic carbocycles.